The number of fused-ring (bicyclic) bond motifs is 1. The number of nitrogens with zero attached hydrogens (tertiary/aromatic N) is 5. The van der Waals surface area contributed by atoms with Gasteiger partial charge in [-0.3, -0.25) is 4.79 Å². The van der Waals surface area contributed by atoms with E-state index in [1.807, 2.05) is 24.7 Å². The third-order valence-electron chi connectivity index (χ3n) is 6.51. The molecule has 1 atom stereocenters. The molecular weight excluding hydrogens is 446 g/mol. The van der Waals surface area contributed by atoms with Gasteiger partial charge in [0.2, 0.25) is 0 Å². The topological polar surface area (TPSA) is 131 Å². The number of imidazole rings is 1. The molecule has 0 bridgehead atoms. The summed E-state index contributed by atoms with van der Waals surface area (Å²) in [6.07, 6.45) is 12.3. The summed E-state index contributed by atoms with van der Waals surface area (Å²) in [5, 5.41) is 13.5. The van der Waals surface area contributed by atoms with Crippen molar-refractivity contribution in [3.63, 3.8) is 0 Å². The van der Waals surface area contributed by atoms with Crippen LogP contribution in [-0.2, 0) is 11.2 Å². The van der Waals surface area contributed by atoms with Gasteiger partial charge in [-0.25, -0.2) is 15.0 Å². The SMILES string of the molecule is C[C@]1(O)COc2cc(N3CCC(n4ccnc4)CC3)c(NC(=O)/C(=C/N)c3ncccn3)cc2C1. The Morgan fingerprint density at radius 1 is 1.26 bits per heavy atom. The van der Waals surface area contributed by atoms with Crippen molar-refractivity contribution in [1.82, 2.24) is 19.5 Å². The van der Waals surface area contributed by atoms with Gasteiger partial charge in [0.1, 0.15) is 12.4 Å². The van der Waals surface area contributed by atoms with E-state index in [2.05, 4.69) is 29.7 Å². The summed E-state index contributed by atoms with van der Waals surface area (Å²) >= 11 is 0. The molecule has 10 nitrogen and oxygen atoms in total. The number of anilines is 2. The maximum atomic E-state index is 13.2. The Morgan fingerprint density at radius 2 is 2.03 bits per heavy atom. The van der Waals surface area contributed by atoms with Gasteiger partial charge in [-0.2, -0.15) is 0 Å². The van der Waals surface area contributed by atoms with E-state index in [0.717, 1.165) is 42.9 Å². The molecule has 1 saturated heterocycles. The Labute approximate surface area is 203 Å². The molecule has 1 amide bonds. The first kappa shape index (κ1) is 22.9. The van der Waals surface area contributed by atoms with E-state index in [-0.39, 0.29) is 18.0 Å². The number of carbonyl (C=O) groups excluding carboxylic acids is 1. The Hall–Kier alpha value is -3.92. The number of hydrogen-bond acceptors (Lipinski definition) is 8. The van der Waals surface area contributed by atoms with Crippen LogP contribution in [0.3, 0.4) is 0 Å². The third-order valence-corrected chi connectivity index (χ3v) is 6.51. The monoisotopic (exact) mass is 475 g/mol. The highest BCUT2D eigenvalue weighted by atomic mass is 16.5. The van der Waals surface area contributed by atoms with Crippen molar-refractivity contribution in [3.05, 3.63) is 66.9 Å². The maximum absolute atomic E-state index is 13.2. The van der Waals surface area contributed by atoms with Crippen molar-refractivity contribution in [2.24, 2.45) is 5.73 Å². The molecule has 3 aromatic rings. The van der Waals surface area contributed by atoms with Crippen LogP contribution in [0.1, 0.15) is 37.2 Å². The van der Waals surface area contributed by atoms with Gasteiger partial charge in [0, 0.05) is 62.6 Å². The number of carbonyl (C=O) groups is 1. The van der Waals surface area contributed by atoms with Crippen LogP contribution < -0.4 is 20.7 Å². The normalized spacial score (nSPS) is 20.7. The third kappa shape index (κ3) is 4.83. The molecule has 5 rings (SSSR count). The summed E-state index contributed by atoms with van der Waals surface area (Å²) in [4.78, 5) is 28.0. The fraction of sp³-hybridized carbons (Fsp3) is 0.360. The van der Waals surface area contributed by atoms with Crippen LogP contribution in [0.25, 0.3) is 5.57 Å². The van der Waals surface area contributed by atoms with Crippen LogP contribution in [0, 0.1) is 0 Å². The minimum atomic E-state index is -0.973. The first-order chi connectivity index (χ1) is 16.9. The van der Waals surface area contributed by atoms with Crippen molar-refractivity contribution < 1.29 is 14.6 Å². The zero-order valence-electron chi connectivity index (χ0n) is 19.6. The molecule has 4 N–H and O–H groups in total. The lowest BCUT2D eigenvalue weighted by Gasteiger charge is -2.37. The number of piperidine rings is 1. The number of rotatable bonds is 5. The molecule has 1 aromatic carbocycles. The van der Waals surface area contributed by atoms with Crippen LogP contribution in [0.4, 0.5) is 11.4 Å². The smallest absolute Gasteiger partial charge is 0.261 e. The van der Waals surface area contributed by atoms with Gasteiger partial charge < -0.3 is 30.4 Å². The summed E-state index contributed by atoms with van der Waals surface area (Å²) < 4.78 is 8.04. The number of benzene rings is 1. The molecule has 2 aromatic heterocycles. The predicted molar refractivity (Wildman–Crippen MR) is 132 cm³/mol. The highest BCUT2D eigenvalue weighted by Gasteiger charge is 2.31. The van der Waals surface area contributed by atoms with Gasteiger partial charge in [-0.05, 0) is 37.5 Å². The molecule has 2 aliphatic heterocycles. The van der Waals surface area contributed by atoms with Gasteiger partial charge in [0.05, 0.1) is 28.9 Å². The van der Waals surface area contributed by atoms with E-state index in [4.69, 9.17) is 10.5 Å². The molecule has 2 aliphatic rings. The van der Waals surface area contributed by atoms with Crippen LogP contribution in [-0.4, -0.2) is 55.8 Å². The lowest BCUT2D eigenvalue weighted by Crippen LogP contribution is -2.39. The summed E-state index contributed by atoms with van der Waals surface area (Å²) in [7, 11) is 0. The minimum absolute atomic E-state index is 0.177. The predicted octanol–water partition coefficient (Wildman–Crippen LogP) is 2.14. The molecule has 35 heavy (non-hydrogen) atoms. The molecule has 1 fully saturated rings. The molecule has 0 aliphatic carbocycles. The zero-order valence-corrected chi connectivity index (χ0v) is 19.6. The van der Waals surface area contributed by atoms with Gasteiger partial charge in [-0.1, -0.05) is 0 Å². The van der Waals surface area contributed by atoms with Crippen molar-refractivity contribution in [2.45, 2.75) is 37.8 Å². The fourth-order valence-electron chi connectivity index (χ4n) is 4.71. The van der Waals surface area contributed by atoms with Crippen molar-refractivity contribution in [3.8, 4) is 5.75 Å². The molecule has 4 heterocycles. The van der Waals surface area contributed by atoms with E-state index in [1.165, 1.54) is 6.20 Å². The largest absolute Gasteiger partial charge is 0.490 e. The van der Waals surface area contributed by atoms with Crippen LogP contribution in [0.2, 0.25) is 0 Å². The Balaban J connectivity index is 1.44. The quantitative estimate of drug-likeness (QED) is 0.478. The standard InChI is InChI=1S/C25H29N7O3/c1-25(34)13-17-11-20(30-24(33)19(14-26)23-28-5-2-6-29-23)21(12-22(17)35-15-25)31-8-3-18(4-9-31)32-10-7-27-16-32/h2,5-7,10-12,14,16,18,34H,3-4,8-9,13,15,26H2,1H3,(H,30,33)/b19-14+/t25-/m1/s1. The minimum Gasteiger partial charge on any atom is -0.490 e. The molecule has 0 spiro atoms. The van der Waals surface area contributed by atoms with Gasteiger partial charge in [0.25, 0.3) is 5.91 Å². The number of nitrogens with one attached hydrogen (secondary N) is 1. The zero-order chi connectivity index (χ0) is 24.4. The maximum Gasteiger partial charge on any atom is 0.261 e. The lowest BCUT2D eigenvalue weighted by molar-refractivity contribution is -0.111. The first-order valence-corrected chi connectivity index (χ1v) is 11.7. The molecule has 0 saturated carbocycles. The average Bonchev–Trinajstić information content (AvgIpc) is 3.40. The van der Waals surface area contributed by atoms with Gasteiger partial charge in [-0.15, -0.1) is 0 Å². The number of nitrogens with two attached hydrogens (primary N) is 1. The van der Waals surface area contributed by atoms with Crippen LogP contribution in [0.15, 0.2) is 55.5 Å². The molecule has 10 heteroatoms. The first-order valence-electron chi connectivity index (χ1n) is 11.7. The Kier molecular flexibility index (Phi) is 6.12. The van der Waals surface area contributed by atoms with Crippen molar-refractivity contribution in [1.29, 1.82) is 0 Å². The van der Waals surface area contributed by atoms with E-state index < -0.39 is 11.5 Å². The second-order valence-electron chi connectivity index (χ2n) is 9.27. The molecular formula is C25H29N7O3. The average molecular weight is 476 g/mol. The van der Waals surface area contributed by atoms with Crippen molar-refractivity contribution >= 4 is 22.9 Å². The number of ether oxygens (including phenoxy) is 1. The van der Waals surface area contributed by atoms with E-state index >= 15 is 0 Å². The number of aliphatic hydroxyl groups is 1. The van der Waals surface area contributed by atoms with E-state index in [1.54, 1.807) is 31.6 Å². The summed E-state index contributed by atoms with van der Waals surface area (Å²) in [5.41, 5.74) is 7.31. The van der Waals surface area contributed by atoms with E-state index in [9.17, 15) is 9.90 Å². The lowest BCUT2D eigenvalue weighted by atomic mass is 9.93. The highest BCUT2D eigenvalue weighted by molar-refractivity contribution is 6.24. The fourth-order valence-corrected chi connectivity index (χ4v) is 4.71. The molecule has 182 valence electrons. The summed E-state index contributed by atoms with van der Waals surface area (Å²) in [5.74, 6) is 0.568. The Morgan fingerprint density at radius 3 is 2.71 bits per heavy atom. The van der Waals surface area contributed by atoms with Gasteiger partial charge in [0.15, 0.2) is 5.82 Å². The van der Waals surface area contributed by atoms with Crippen molar-refractivity contribution in [2.75, 3.05) is 29.9 Å². The van der Waals surface area contributed by atoms with Crippen LogP contribution in [0.5, 0.6) is 5.75 Å². The van der Waals surface area contributed by atoms with E-state index in [0.29, 0.717) is 18.2 Å². The highest BCUT2D eigenvalue weighted by Crippen LogP contribution is 2.40. The summed E-state index contributed by atoms with van der Waals surface area (Å²) in [6, 6.07) is 5.91. The number of amides is 1. The second-order valence-corrected chi connectivity index (χ2v) is 9.27. The summed E-state index contributed by atoms with van der Waals surface area (Å²) in [6.45, 7) is 3.58. The molecule has 0 unspecified atom stereocenters. The second kappa shape index (κ2) is 9.38. The Bertz CT molecular complexity index is 1220. The van der Waals surface area contributed by atoms with Gasteiger partial charge >= 0.3 is 0 Å². The number of aromatic nitrogens is 4. The molecule has 0 radical (unpaired) electrons. The van der Waals surface area contributed by atoms with Crippen LogP contribution >= 0.6 is 0 Å². The number of hydrogen-bond donors (Lipinski definition) is 3.